The minimum Gasteiger partial charge on any atom is -0.394 e. The van der Waals surface area contributed by atoms with E-state index in [2.05, 4.69) is 25.5 Å². The van der Waals surface area contributed by atoms with Gasteiger partial charge < -0.3 is 21.3 Å². The molecule has 2 rings (SSSR count). The fourth-order valence-corrected chi connectivity index (χ4v) is 2.79. The van der Waals surface area contributed by atoms with E-state index in [4.69, 9.17) is 5.73 Å². The van der Waals surface area contributed by atoms with Crippen LogP contribution in [0.1, 0.15) is 5.69 Å². The highest BCUT2D eigenvalue weighted by Gasteiger charge is 2.28. The molecule has 7 N–H and O–H groups in total. The van der Waals surface area contributed by atoms with Crippen LogP contribution in [0.4, 0.5) is 5.95 Å². The molecule has 116 valence electrons. The van der Waals surface area contributed by atoms with Gasteiger partial charge in [-0.1, -0.05) is 0 Å². The summed E-state index contributed by atoms with van der Waals surface area (Å²) in [6.45, 7) is -0.173. The minimum absolute atomic E-state index is 0.00911. The van der Waals surface area contributed by atoms with Crippen molar-refractivity contribution in [3.05, 3.63) is 16.0 Å². The Hall–Kier alpha value is -1.62. The molecule has 9 nitrogen and oxygen atoms in total. The van der Waals surface area contributed by atoms with Gasteiger partial charge >= 0.3 is 0 Å². The molecule has 2 aromatic rings. The van der Waals surface area contributed by atoms with E-state index in [0.717, 1.165) is 0 Å². The second-order valence-electron chi connectivity index (χ2n) is 4.73. The second-order valence-corrected chi connectivity index (χ2v) is 5.60. The molecule has 0 aromatic carbocycles. The molecule has 0 bridgehead atoms. The molecule has 21 heavy (non-hydrogen) atoms. The normalized spacial score (nSPS) is 12.1. The van der Waals surface area contributed by atoms with Crippen LogP contribution in [-0.4, -0.2) is 61.1 Å². The van der Waals surface area contributed by atoms with Crippen LogP contribution in [-0.2, 0) is 6.54 Å². The van der Waals surface area contributed by atoms with Crippen molar-refractivity contribution in [1.29, 1.82) is 0 Å². The first-order valence-corrected chi connectivity index (χ1v) is 7.63. The smallest absolute Gasteiger partial charge is 0.280 e. The summed E-state index contributed by atoms with van der Waals surface area (Å²) >= 11 is 1.50. The second kappa shape index (κ2) is 6.43. The molecule has 10 heteroatoms. The van der Waals surface area contributed by atoms with Gasteiger partial charge in [-0.3, -0.25) is 14.9 Å². The first kappa shape index (κ1) is 15.8. The van der Waals surface area contributed by atoms with E-state index in [0.29, 0.717) is 17.0 Å². The molecular weight excluding hydrogens is 296 g/mol. The quantitative estimate of drug-likeness (QED) is 0.357. The van der Waals surface area contributed by atoms with Gasteiger partial charge in [0.25, 0.3) is 5.56 Å². The molecule has 0 radical (unpaired) electrons. The average molecular weight is 314 g/mol. The standard InChI is InChI=1S/C11H18N6O3S/c1-21-5-11(3-18,4-19)13-2-6-7-8(17-16-6)9(20)15-10(12)14-7/h13,18-19H,2-5H2,1H3,(H,16,17)(H3,12,14,15,20). The number of nitrogens with two attached hydrogens (primary N) is 1. The Morgan fingerprint density at radius 3 is 2.71 bits per heavy atom. The number of rotatable bonds is 7. The number of H-pyrrole nitrogens is 2. The summed E-state index contributed by atoms with van der Waals surface area (Å²) in [5, 5.41) is 28.7. The van der Waals surface area contributed by atoms with E-state index in [1.54, 1.807) is 0 Å². The van der Waals surface area contributed by atoms with E-state index < -0.39 is 11.1 Å². The van der Waals surface area contributed by atoms with Gasteiger partial charge in [0.05, 0.1) is 24.4 Å². The van der Waals surface area contributed by atoms with E-state index in [-0.39, 0.29) is 31.2 Å². The monoisotopic (exact) mass is 314 g/mol. The van der Waals surface area contributed by atoms with Crippen molar-refractivity contribution in [2.45, 2.75) is 12.1 Å². The van der Waals surface area contributed by atoms with Gasteiger partial charge in [-0.2, -0.15) is 16.9 Å². The number of aliphatic hydroxyl groups is 2. The highest BCUT2D eigenvalue weighted by molar-refractivity contribution is 7.98. The van der Waals surface area contributed by atoms with Gasteiger partial charge in [-0.15, -0.1) is 0 Å². The third-order valence-electron chi connectivity index (χ3n) is 3.17. The maximum absolute atomic E-state index is 11.7. The summed E-state index contributed by atoms with van der Waals surface area (Å²) in [6.07, 6.45) is 1.88. The van der Waals surface area contributed by atoms with Gasteiger partial charge in [-0.05, 0) is 6.26 Å². The van der Waals surface area contributed by atoms with Crippen LogP contribution in [0.15, 0.2) is 4.79 Å². The topological polar surface area (TPSA) is 153 Å². The number of nitrogens with one attached hydrogen (secondary N) is 3. The van der Waals surface area contributed by atoms with Gasteiger partial charge in [0.2, 0.25) is 5.95 Å². The van der Waals surface area contributed by atoms with Crippen molar-refractivity contribution < 1.29 is 10.2 Å². The summed E-state index contributed by atoms with van der Waals surface area (Å²) < 4.78 is 0. The summed E-state index contributed by atoms with van der Waals surface area (Å²) in [7, 11) is 0. The molecule has 2 heterocycles. The van der Waals surface area contributed by atoms with Gasteiger partial charge in [-0.25, -0.2) is 4.98 Å². The Morgan fingerprint density at radius 1 is 1.38 bits per heavy atom. The molecule has 0 aliphatic carbocycles. The van der Waals surface area contributed by atoms with Crippen LogP contribution in [0.3, 0.4) is 0 Å². The van der Waals surface area contributed by atoms with Crippen LogP contribution in [0, 0.1) is 0 Å². The molecule has 0 amide bonds. The number of nitrogen functional groups attached to an aromatic ring is 1. The molecule has 0 atom stereocenters. The van der Waals surface area contributed by atoms with Crippen molar-refractivity contribution in [1.82, 2.24) is 25.5 Å². The van der Waals surface area contributed by atoms with Crippen molar-refractivity contribution in [3.8, 4) is 0 Å². The largest absolute Gasteiger partial charge is 0.394 e. The lowest BCUT2D eigenvalue weighted by atomic mass is 10.1. The summed E-state index contributed by atoms with van der Waals surface area (Å²) in [4.78, 5) is 18.1. The summed E-state index contributed by atoms with van der Waals surface area (Å²) in [6, 6.07) is 0. The number of aliphatic hydroxyl groups excluding tert-OH is 2. The first-order valence-electron chi connectivity index (χ1n) is 6.23. The number of hydrogen-bond acceptors (Lipinski definition) is 8. The predicted molar refractivity (Wildman–Crippen MR) is 81.0 cm³/mol. The number of nitrogens with zero attached hydrogens (tertiary/aromatic N) is 2. The molecule has 0 spiro atoms. The van der Waals surface area contributed by atoms with Gasteiger partial charge in [0.1, 0.15) is 5.52 Å². The molecule has 0 unspecified atom stereocenters. The molecule has 0 aliphatic heterocycles. The predicted octanol–water partition coefficient (Wildman–Crippen LogP) is -1.60. The SMILES string of the molecule is CSCC(CO)(CO)NCc1[nH]nc2c(=O)[nH]c(N)nc12. The van der Waals surface area contributed by atoms with E-state index >= 15 is 0 Å². The first-order chi connectivity index (χ1) is 10.0. The zero-order valence-corrected chi connectivity index (χ0v) is 12.3. The number of thioether (sulfide) groups is 1. The van der Waals surface area contributed by atoms with Crippen LogP contribution < -0.4 is 16.6 Å². The lowest BCUT2D eigenvalue weighted by Crippen LogP contribution is -2.53. The molecular formula is C11H18N6O3S. The summed E-state index contributed by atoms with van der Waals surface area (Å²) in [5.74, 6) is 0.539. The third-order valence-corrected chi connectivity index (χ3v) is 4.01. The maximum atomic E-state index is 11.7. The molecule has 0 saturated carbocycles. The van der Waals surface area contributed by atoms with E-state index in [1.165, 1.54) is 11.8 Å². The summed E-state index contributed by atoms with van der Waals surface area (Å²) in [5.41, 5.74) is 5.40. The number of aromatic amines is 2. The number of aromatic nitrogens is 4. The molecule has 0 aliphatic rings. The Kier molecular flexibility index (Phi) is 4.83. The van der Waals surface area contributed by atoms with Crippen LogP contribution >= 0.6 is 11.8 Å². The van der Waals surface area contributed by atoms with Crippen LogP contribution in [0.5, 0.6) is 0 Å². The molecule has 0 fully saturated rings. The van der Waals surface area contributed by atoms with E-state index in [9.17, 15) is 15.0 Å². The van der Waals surface area contributed by atoms with Crippen molar-refractivity contribution in [3.63, 3.8) is 0 Å². The van der Waals surface area contributed by atoms with Crippen molar-refractivity contribution in [2.24, 2.45) is 0 Å². The lowest BCUT2D eigenvalue weighted by molar-refractivity contribution is 0.106. The van der Waals surface area contributed by atoms with Gasteiger partial charge in [0.15, 0.2) is 5.52 Å². The van der Waals surface area contributed by atoms with Crippen molar-refractivity contribution in [2.75, 3.05) is 31.0 Å². The fraction of sp³-hybridized carbons (Fsp3) is 0.545. The Balaban J connectivity index is 2.26. The number of fused-ring (bicyclic) bond motifs is 1. The number of hydrogen-bond donors (Lipinski definition) is 6. The molecule has 0 saturated heterocycles. The highest BCUT2D eigenvalue weighted by Crippen LogP contribution is 2.14. The van der Waals surface area contributed by atoms with Crippen LogP contribution in [0.25, 0.3) is 11.0 Å². The highest BCUT2D eigenvalue weighted by atomic mass is 32.2. The third kappa shape index (κ3) is 3.18. The zero-order chi connectivity index (χ0) is 15.5. The Labute approximate surface area is 124 Å². The maximum Gasteiger partial charge on any atom is 0.280 e. The van der Waals surface area contributed by atoms with Gasteiger partial charge in [0, 0.05) is 12.3 Å². The van der Waals surface area contributed by atoms with E-state index in [1.807, 2.05) is 6.26 Å². The van der Waals surface area contributed by atoms with Crippen LogP contribution in [0.2, 0.25) is 0 Å². The van der Waals surface area contributed by atoms with Crippen molar-refractivity contribution >= 4 is 28.7 Å². The molecule has 2 aromatic heterocycles. The Bertz CT molecular complexity index is 666. The fourth-order valence-electron chi connectivity index (χ4n) is 1.95. The minimum atomic E-state index is -0.816. The Morgan fingerprint density at radius 2 is 2.10 bits per heavy atom. The average Bonchev–Trinajstić information content (AvgIpc) is 2.87. The zero-order valence-electron chi connectivity index (χ0n) is 11.5. The number of anilines is 1. The lowest BCUT2D eigenvalue weighted by Gasteiger charge is -2.30.